The summed E-state index contributed by atoms with van der Waals surface area (Å²) in [7, 11) is -2.31. The van der Waals surface area contributed by atoms with Gasteiger partial charge in [-0.25, -0.2) is 8.42 Å². The van der Waals surface area contributed by atoms with Crippen LogP contribution in [0.3, 0.4) is 0 Å². The molecule has 1 aromatic carbocycles. The van der Waals surface area contributed by atoms with E-state index in [4.69, 9.17) is 9.47 Å². The molecule has 0 radical (unpaired) electrons. The van der Waals surface area contributed by atoms with Gasteiger partial charge in [-0.2, -0.15) is 4.31 Å². The van der Waals surface area contributed by atoms with E-state index in [0.717, 1.165) is 0 Å². The zero-order valence-corrected chi connectivity index (χ0v) is 15.5. The second-order valence-corrected chi connectivity index (χ2v) is 8.07. The van der Waals surface area contributed by atoms with Crippen LogP contribution in [-0.4, -0.2) is 45.5 Å². The fraction of sp³-hybridized carbons (Fsp3) is 0.533. The number of sulfonamides is 1. The first-order valence-electron chi connectivity index (χ1n) is 7.40. The first kappa shape index (κ1) is 18.2. The summed E-state index contributed by atoms with van der Waals surface area (Å²) in [6.07, 6.45) is 1.26. The predicted molar refractivity (Wildman–Crippen MR) is 88.8 cm³/mol. The molecule has 1 aliphatic heterocycles. The number of benzene rings is 1. The molecule has 1 saturated heterocycles. The Bertz CT molecular complexity index is 676. The minimum atomic E-state index is -3.74. The number of hydrogen-bond acceptors (Lipinski definition) is 5. The molecule has 0 bridgehead atoms. The highest BCUT2D eigenvalue weighted by molar-refractivity contribution is 9.10. The molecule has 0 spiro atoms. The van der Waals surface area contributed by atoms with Gasteiger partial charge in [0.15, 0.2) is 0 Å². The number of hydrogen-bond donors (Lipinski definition) is 0. The van der Waals surface area contributed by atoms with Crippen molar-refractivity contribution in [2.45, 2.75) is 24.7 Å². The van der Waals surface area contributed by atoms with Gasteiger partial charge in [0.25, 0.3) is 0 Å². The molecule has 23 heavy (non-hydrogen) atoms. The van der Waals surface area contributed by atoms with E-state index in [9.17, 15) is 13.2 Å². The predicted octanol–water partition coefficient (Wildman–Crippen LogP) is 2.42. The molecule has 0 amide bonds. The van der Waals surface area contributed by atoms with Crippen molar-refractivity contribution in [3.63, 3.8) is 0 Å². The fourth-order valence-corrected chi connectivity index (χ4v) is 4.82. The Morgan fingerprint density at radius 3 is 2.83 bits per heavy atom. The Kier molecular flexibility index (Phi) is 6.05. The number of esters is 1. The summed E-state index contributed by atoms with van der Waals surface area (Å²) in [5.41, 5.74) is 0. The van der Waals surface area contributed by atoms with Crippen molar-refractivity contribution in [3.05, 3.63) is 22.7 Å². The maximum Gasteiger partial charge on any atom is 0.310 e. The van der Waals surface area contributed by atoms with Crippen LogP contribution >= 0.6 is 15.9 Å². The Balaban J connectivity index is 2.29. The molecule has 6 nitrogen and oxygen atoms in total. The van der Waals surface area contributed by atoms with E-state index in [1.807, 2.05) is 0 Å². The Morgan fingerprint density at radius 2 is 2.17 bits per heavy atom. The molecule has 1 aliphatic rings. The zero-order valence-electron chi connectivity index (χ0n) is 13.1. The molecule has 1 heterocycles. The number of methoxy groups -OCH3 is 1. The lowest BCUT2D eigenvalue weighted by Gasteiger charge is -2.31. The van der Waals surface area contributed by atoms with Crippen molar-refractivity contribution >= 4 is 31.9 Å². The molecule has 0 unspecified atom stereocenters. The van der Waals surface area contributed by atoms with E-state index in [-0.39, 0.29) is 23.2 Å². The minimum Gasteiger partial charge on any atom is -0.495 e. The van der Waals surface area contributed by atoms with Gasteiger partial charge in [-0.05, 0) is 38.0 Å². The molecule has 0 saturated carbocycles. The van der Waals surface area contributed by atoms with Crippen LogP contribution in [0.25, 0.3) is 0 Å². The van der Waals surface area contributed by atoms with Crippen molar-refractivity contribution in [1.82, 2.24) is 4.31 Å². The highest BCUT2D eigenvalue weighted by atomic mass is 79.9. The van der Waals surface area contributed by atoms with Crippen molar-refractivity contribution in [3.8, 4) is 5.75 Å². The van der Waals surface area contributed by atoms with E-state index in [2.05, 4.69) is 15.9 Å². The van der Waals surface area contributed by atoms with E-state index in [1.54, 1.807) is 19.1 Å². The standard InChI is InChI=1S/C15H20BrNO5S/c1-3-22-15(18)11-5-4-8-17(10-11)23(19,20)14-9-12(16)6-7-13(14)21-2/h6-7,9,11H,3-5,8,10H2,1-2H3/t11-/m0/s1. The zero-order chi connectivity index (χ0) is 17.0. The summed E-state index contributed by atoms with van der Waals surface area (Å²) in [4.78, 5) is 12.0. The smallest absolute Gasteiger partial charge is 0.310 e. The van der Waals surface area contributed by atoms with E-state index in [0.29, 0.717) is 30.5 Å². The molecule has 1 aromatic rings. The Morgan fingerprint density at radius 1 is 1.43 bits per heavy atom. The molecule has 128 valence electrons. The second kappa shape index (κ2) is 7.63. The summed E-state index contributed by atoms with van der Waals surface area (Å²) in [5.74, 6) is -0.475. The van der Waals surface area contributed by atoms with Gasteiger partial charge in [-0.15, -0.1) is 0 Å². The summed E-state index contributed by atoms with van der Waals surface area (Å²) in [6, 6.07) is 4.83. The molecule has 1 atom stereocenters. The van der Waals surface area contributed by atoms with Crippen LogP contribution in [0.4, 0.5) is 0 Å². The van der Waals surface area contributed by atoms with Crippen LogP contribution in [0.15, 0.2) is 27.6 Å². The fourth-order valence-electron chi connectivity index (χ4n) is 2.60. The van der Waals surface area contributed by atoms with Crippen molar-refractivity contribution in [2.24, 2.45) is 5.92 Å². The maximum atomic E-state index is 12.9. The van der Waals surface area contributed by atoms with Crippen LogP contribution in [0.2, 0.25) is 0 Å². The first-order chi connectivity index (χ1) is 10.9. The number of rotatable bonds is 5. The molecular weight excluding hydrogens is 386 g/mol. The van der Waals surface area contributed by atoms with Crippen molar-refractivity contribution in [2.75, 3.05) is 26.8 Å². The van der Waals surface area contributed by atoms with Gasteiger partial charge in [0.05, 0.1) is 19.6 Å². The number of carbonyl (C=O) groups is 1. The van der Waals surface area contributed by atoms with Crippen LogP contribution in [0.1, 0.15) is 19.8 Å². The maximum absolute atomic E-state index is 12.9. The van der Waals surface area contributed by atoms with Gasteiger partial charge in [0, 0.05) is 17.6 Å². The molecular formula is C15H20BrNO5S. The lowest BCUT2D eigenvalue weighted by Crippen LogP contribution is -2.42. The molecule has 0 aliphatic carbocycles. The second-order valence-electron chi connectivity index (χ2n) is 5.25. The summed E-state index contributed by atoms with van der Waals surface area (Å²) in [6.45, 7) is 2.55. The third kappa shape index (κ3) is 4.05. The van der Waals surface area contributed by atoms with Gasteiger partial charge >= 0.3 is 5.97 Å². The van der Waals surface area contributed by atoms with E-state index >= 15 is 0 Å². The Labute approximate surface area is 144 Å². The molecule has 8 heteroatoms. The van der Waals surface area contributed by atoms with E-state index in [1.165, 1.54) is 17.5 Å². The van der Waals surface area contributed by atoms with Crippen LogP contribution in [0.5, 0.6) is 5.75 Å². The van der Waals surface area contributed by atoms with Gasteiger partial charge in [-0.1, -0.05) is 15.9 Å². The monoisotopic (exact) mass is 405 g/mol. The van der Waals surface area contributed by atoms with Gasteiger partial charge in [-0.3, -0.25) is 4.79 Å². The molecule has 0 aromatic heterocycles. The topological polar surface area (TPSA) is 72.9 Å². The van der Waals surface area contributed by atoms with Gasteiger partial charge in [0.2, 0.25) is 10.0 Å². The molecule has 2 rings (SSSR count). The Hall–Kier alpha value is -1.12. The lowest BCUT2D eigenvalue weighted by molar-refractivity contribution is -0.149. The minimum absolute atomic E-state index is 0.0962. The third-order valence-electron chi connectivity index (χ3n) is 3.75. The first-order valence-corrected chi connectivity index (χ1v) is 9.63. The highest BCUT2D eigenvalue weighted by Crippen LogP contribution is 2.32. The number of carbonyl (C=O) groups excluding carboxylic acids is 1. The summed E-state index contributed by atoms with van der Waals surface area (Å²) >= 11 is 3.28. The third-order valence-corrected chi connectivity index (χ3v) is 6.13. The van der Waals surface area contributed by atoms with Crippen LogP contribution < -0.4 is 4.74 Å². The van der Waals surface area contributed by atoms with Crippen molar-refractivity contribution < 1.29 is 22.7 Å². The number of halogens is 1. The number of ether oxygens (including phenoxy) is 2. The van der Waals surface area contributed by atoms with Crippen LogP contribution in [-0.2, 0) is 19.6 Å². The number of nitrogens with zero attached hydrogens (tertiary/aromatic N) is 1. The largest absolute Gasteiger partial charge is 0.495 e. The van der Waals surface area contributed by atoms with Gasteiger partial charge in [0.1, 0.15) is 10.6 Å². The molecule has 0 N–H and O–H groups in total. The van der Waals surface area contributed by atoms with Gasteiger partial charge < -0.3 is 9.47 Å². The van der Waals surface area contributed by atoms with Crippen molar-refractivity contribution in [1.29, 1.82) is 0 Å². The summed E-state index contributed by atoms with van der Waals surface area (Å²) in [5, 5.41) is 0. The highest BCUT2D eigenvalue weighted by Gasteiger charge is 2.35. The average molecular weight is 406 g/mol. The average Bonchev–Trinajstić information content (AvgIpc) is 2.55. The summed E-state index contributed by atoms with van der Waals surface area (Å²) < 4.78 is 38.0. The van der Waals surface area contributed by atoms with Crippen LogP contribution in [0, 0.1) is 5.92 Å². The molecule has 1 fully saturated rings. The SMILES string of the molecule is CCOC(=O)[C@H]1CCCN(S(=O)(=O)c2cc(Br)ccc2OC)C1. The lowest BCUT2D eigenvalue weighted by atomic mass is 10.0. The normalized spacial score (nSPS) is 19.3. The quantitative estimate of drug-likeness (QED) is 0.703. The van der Waals surface area contributed by atoms with E-state index < -0.39 is 15.9 Å². The number of piperidine rings is 1.